The largest absolute Gasteiger partial charge is 0.493 e. The summed E-state index contributed by atoms with van der Waals surface area (Å²) in [5.74, 6) is -1.28. The van der Waals surface area contributed by atoms with Crippen molar-refractivity contribution in [2.45, 2.75) is 29.8 Å². The molecule has 1 fully saturated rings. The maximum Gasteiger partial charge on any atom is 0.422 e. The van der Waals surface area contributed by atoms with Gasteiger partial charge in [0.15, 0.2) is 18.1 Å². The number of benzene rings is 3. The summed E-state index contributed by atoms with van der Waals surface area (Å²) in [7, 11) is -6.95. The Morgan fingerprint density at radius 2 is 1.65 bits per heavy atom. The number of carbonyl (C=O) groups is 1. The Labute approximate surface area is 264 Å². The third kappa shape index (κ3) is 8.78. The second-order valence-electron chi connectivity index (χ2n) is 10.1. The van der Waals surface area contributed by atoms with Crippen molar-refractivity contribution in [1.29, 1.82) is 0 Å². The SMILES string of the molecule is COc1cc(/C=C\C(=O)Nc2cc(S(=O)(=O)N3CCOCC3)ccc2OCC(F)(F)F)ccc1OS(=O)(=O)c1cc(C)ccc1C. The van der Waals surface area contributed by atoms with E-state index in [2.05, 4.69) is 5.32 Å². The zero-order valence-electron chi connectivity index (χ0n) is 25.0. The van der Waals surface area contributed by atoms with Crippen LogP contribution in [-0.2, 0) is 29.7 Å². The smallest absolute Gasteiger partial charge is 0.422 e. The Morgan fingerprint density at radius 3 is 2.33 bits per heavy atom. The van der Waals surface area contributed by atoms with Gasteiger partial charge in [-0.15, -0.1) is 0 Å². The number of anilines is 1. The lowest BCUT2D eigenvalue weighted by Crippen LogP contribution is -2.40. The summed E-state index contributed by atoms with van der Waals surface area (Å²) in [4.78, 5) is 12.6. The number of nitrogens with zero attached hydrogens (tertiary/aromatic N) is 1. The minimum atomic E-state index is -4.69. The van der Waals surface area contributed by atoms with Crippen LogP contribution in [0.15, 0.2) is 70.5 Å². The summed E-state index contributed by atoms with van der Waals surface area (Å²) < 4.78 is 113. The Morgan fingerprint density at radius 1 is 0.957 bits per heavy atom. The highest BCUT2D eigenvalue weighted by molar-refractivity contribution is 7.89. The monoisotopic (exact) mass is 684 g/mol. The van der Waals surface area contributed by atoms with E-state index in [-0.39, 0.29) is 53.3 Å². The number of nitrogens with one attached hydrogen (secondary N) is 1. The summed E-state index contributed by atoms with van der Waals surface area (Å²) in [6, 6.07) is 12.3. The molecule has 0 aromatic heterocycles. The molecule has 0 aliphatic carbocycles. The van der Waals surface area contributed by atoms with Crippen molar-refractivity contribution in [1.82, 2.24) is 4.31 Å². The van der Waals surface area contributed by atoms with E-state index in [4.69, 9.17) is 18.4 Å². The standard InChI is InChI=1S/C30H31F3N2O9S2/c1-20-4-5-21(2)28(16-20)46(39,40)44-26-9-6-22(17-27(26)41-3)7-11-29(36)34-24-18-23(8-10-25(24)43-19-30(31,32)33)45(37,38)35-12-14-42-15-13-35/h4-11,16-18H,12-15,19H2,1-3H3,(H,34,36)/b11-7-. The van der Waals surface area contributed by atoms with E-state index >= 15 is 0 Å². The molecule has 3 aromatic carbocycles. The van der Waals surface area contributed by atoms with Crippen LogP contribution < -0.4 is 19.0 Å². The van der Waals surface area contributed by atoms with Gasteiger partial charge in [-0.2, -0.15) is 25.9 Å². The summed E-state index contributed by atoms with van der Waals surface area (Å²) >= 11 is 0. The van der Waals surface area contributed by atoms with Crippen LogP contribution in [0.1, 0.15) is 16.7 Å². The zero-order valence-corrected chi connectivity index (χ0v) is 26.6. The predicted molar refractivity (Wildman–Crippen MR) is 162 cm³/mol. The predicted octanol–water partition coefficient (Wildman–Crippen LogP) is 4.69. The van der Waals surface area contributed by atoms with Gasteiger partial charge >= 0.3 is 16.3 Å². The number of sulfonamides is 1. The van der Waals surface area contributed by atoms with Crippen molar-refractivity contribution in [3.05, 3.63) is 77.4 Å². The molecule has 16 heteroatoms. The first kappa shape index (κ1) is 34.7. The molecule has 1 N–H and O–H groups in total. The fraction of sp³-hybridized carbons (Fsp3) is 0.300. The molecule has 1 heterocycles. The molecule has 1 saturated heterocycles. The van der Waals surface area contributed by atoms with Crippen molar-refractivity contribution in [3.63, 3.8) is 0 Å². The van der Waals surface area contributed by atoms with Crippen LogP contribution in [0.5, 0.6) is 17.2 Å². The quantitative estimate of drug-likeness (QED) is 0.225. The lowest BCUT2D eigenvalue weighted by atomic mass is 10.2. The molecule has 4 rings (SSSR count). The maximum atomic E-state index is 13.1. The first-order valence-corrected chi connectivity index (χ1v) is 16.5. The Balaban J connectivity index is 1.55. The number of methoxy groups -OCH3 is 1. The van der Waals surface area contributed by atoms with Crippen LogP contribution in [0.2, 0.25) is 0 Å². The average Bonchev–Trinajstić information content (AvgIpc) is 3.00. The highest BCUT2D eigenvalue weighted by Crippen LogP contribution is 2.33. The van der Waals surface area contributed by atoms with Crippen LogP contribution in [0.3, 0.4) is 0 Å². The summed E-state index contributed by atoms with van der Waals surface area (Å²) in [5, 5.41) is 2.37. The number of hydrogen-bond acceptors (Lipinski definition) is 9. The van der Waals surface area contributed by atoms with E-state index < -0.39 is 44.6 Å². The van der Waals surface area contributed by atoms with Gasteiger partial charge in [0.05, 0.1) is 30.9 Å². The minimum absolute atomic E-state index is 0.00408. The van der Waals surface area contributed by atoms with Crippen molar-refractivity contribution in [2.24, 2.45) is 0 Å². The molecule has 0 unspecified atom stereocenters. The molecule has 1 aliphatic heterocycles. The van der Waals surface area contributed by atoms with E-state index in [1.165, 1.54) is 41.8 Å². The molecule has 0 bridgehead atoms. The number of alkyl halides is 3. The van der Waals surface area contributed by atoms with Crippen LogP contribution in [-0.4, -0.2) is 73.2 Å². The van der Waals surface area contributed by atoms with E-state index in [1.54, 1.807) is 26.0 Å². The molecule has 0 atom stereocenters. The van der Waals surface area contributed by atoms with Crippen molar-refractivity contribution in [2.75, 3.05) is 45.3 Å². The van der Waals surface area contributed by atoms with Gasteiger partial charge in [-0.25, -0.2) is 8.42 Å². The number of carbonyl (C=O) groups excluding carboxylic acids is 1. The number of aryl methyl sites for hydroxylation is 2. The molecule has 248 valence electrons. The molecular formula is C30H31F3N2O9S2. The van der Waals surface area contributed by atoms with Crippen LogP contribution in [0, 0.1) is 13.8 Å². The molecule has 46 heavy (non-hydrogen) atoms. The second-order valence-corrected chi connectivity index (χ2v) is 13.6. The average molecular weight is 685 g/mol. The second kappa shape index (κ2) is 14.1. The number of morpholine rings is 1. The Hall–Kier alpha value is -4.12. The maximum absolute atomic E-state index is 13.1. The van der Waals surface area contributed by atoms with Gasteiger partial charge in [0.1, 0.15) is 10.6 Å². The van der Waals surface area contributed by atoms with Gasteiger partial charge in [0.2, 0.25) is 15.9 Å². The molecule has 0 radical (unpaired) electrons. The lowest BCUT2D eigenvalue weighted by Gasteiger charge is -2.26. The van der Waals surface area contributed by atoms with E-state index in [0.29, 0.717) is 11.1 Å². The summed E-state index contributed by atoms with van der Waals surface area (Å²) in [6.07, 6.45) is -2.32. The molecule has 1 amide bonds. The van der Waals surface area contributed by atoms with Gasteiger partial charge in [0, 0.05) is 19.2 Å². The van der Waals surface area contributed by atoms with Gasteiger partial charge in [-0.3, -0.25) is 4.79 Å². The summed E-state index contributed by atoms with van der Waals surface area (Å²) in [5.41, 5.74) is 1.29. The normalized spacial score (nSPS) is 14.7. The molecule has 3 aromatic rings. The number of rotatable bonds is 11. The fourth-order valence-corrected chi connectivity index (χ4v) is 7.02. The number of amides is 1. The third-order valence-electron chi connectivity index (χ3n) is 6.64. The zero-order chi connectivity index (χ0) is 33.7. The molecular weight excluding hydrogens is 653 g/mol. The first-order chi connectivity index (χ1) is 21.6. The van der Waals surface area contributed by atoms with E-state index in [1.807, 2.05) is 0 Å². The molecule has 1 aliphatic rings. The minimum Gasteiger partial charge on any atom is -0.493 e. The van der Waals surface area contributed by atoms with Crippen molar-refractivity contribution in [3.8, 4) is 17.2 Å². The number of halogens is 3. The Bertz CT molecular complexity index is 1840. The Kier molecular flexibility index (Phi) is 10.7. The van der Waals surface area contributed by atoms with E-state index in [0.717, 1.165) is 29.8 Å². The first-order valence-electron chi connectivity index (χ1n) is 13.7. The van der Waals surface area contributed by atoms with Gasteiger partial charge in [0.25, 0.3) is 0 Å². The van der Waals surface area contributed by atoms with Crippen LogP contribution in [0.25, 0.3) is 6.08 Å². The topological polar surface area (TPSA) is 138 Å². The van der Waals surface area contributed by atoms with Crippen molar-refractivity contribution >= 4 is 37.8 Å². The third-order valence-corrected chi connectivity index (χ3v) is 9.91. The lowest BCUT2D eigenvalue weighted by molar-refractivity contribution is -0.153. The van der Waals surface area contributed by atoms with Crippen LogP contribution in [0.4, 0.5) is 18.9 Å². The fourth-order valence-electron chi connectivity index (χ4n) is 4.33. The molecule has 0 spiro atoms. The number of hydrogen-bond donors (Lipinski definition) is 1. The van der Waals surface area contributed by atoms with E-state index in [9.17, 15) is 34.8 Å². The van der Waals surface area contributed by atoms with Gasteiger partial charge in [-0.05, 0) is 73.0 Å². The number of ether oxygens (including phenoxy) is 3. The highest BCUT2D eigenvalue weighted by atomic mass is 32.2. The molecule has 11 nitrogen and oxygen atoms in total. The highest BCUT2D eigenvalue weighted by Gasteiger charge is 2.30. The van der Waals surface area contributed by atoms with Gasteiger partial charge in [-0.1, -0.05) is 18.2 Å². The van der Waals surface area contributed by atoms with Crippen LogP contribution >= 0.6 is 0 Å². The van der Waals surface area contributed by atoms with Gasteiger partial charge < -0.3 is 23.7 Å². The molecule has 0 saturated carbocycles. The van der Waals surface area contributed by atoms with Crippen molar-refractivity contribution < 1.29 is 53.2 Å². The summed E-state index contributed by atoms with van der Waals surface area (Å²) in [6.45, 7) is 2.25.